The lowest BCUT2D eigenvalue weighted by Crippen LogP contribution is -2.43. The fourth-order valence-corrected chi connectivity index (χ4v) is 5.42. The normalized spacial score (nSPS) is 20.3. The highest BCUT2D eigenvalue weighted by atomic mass is 19.1. The maximum atomic E-state index is 14.7. The molecule has 2 fully saturated rings. The van der Waals surface area contributed by atoms with Crippen molar-refractivity contribution in [3.8, 4) is 22.6 Å². The molecule has 1 aliphatic carbocycles. The van der Waals surface area contributed by atoms with Crippen molar-refractivity contribution in [3.05, 3.63) is 59.9 Å². The Morgan fingerprint density at radius 3 is 2.67 bits per heavy atom. The highest BCUT2D eigenvalue weighted by Crippen LogP contribution is 2.46. The van der Waals surface area contributed by atoms with Gasteiger partial charge in [-0.2, -0.15) is 5.10 Å². The molecular formula is C28H30F2N4O2. The summed E-state index contributed by atoms with van der Waals surface area (Å²) in [5, 5.41) is 8.00. The van der Waals surface area contributed by atoms with Crippen LogP contribution in [-0.2, 0) is 11.2 Å². The first-order valence-electron chi connectivity index (χ1n) is 12.9. The van der Waals surface area contributed by atoms with E-state index in [0.29, 0.717) is 18.2 Å². The van der Waals surface area contributed by atoms with Gasteiger partial charge in [-0.15, -0.1) is 0 Å². The Hall–Kier alpha value is -3.26. The van der Waals surface area contributed by atoms with Gasteiger partial charge in [0.1, 0.15) is 11.6 Å². The first-order chi connectivity index (χ1) is 17.5. The number of piperidine rings is 1. The summed E-state index contributed by atoms with van der Waals surface area (Å²) in [4.78, 5) is 15.1. The molecule has 1 aromatic heterocycles. The average Bonchev–Trinajstić information content (AvgIpc) is 3.63. The van der Waals surface area contributed by atoms with E-state index in [9.17, 15) is 13.6 Å². The van der Waals surface area contributed by atoms with Gasteiger partial charge in [-0.1, -0.05) is 0 Å². The summed E-state index contributed by atoms with van der Waals surface area (Å²) in [5.41, 5.74) is 3.25. The number of halogens is 2. The van der Waals surface area contributed by atoms with Crippen LogP contribution in [0.4, 0.5) is 14.5 Å². The molecule has 1 saturated carbocycles. The van der Waals surface area contributed by atoms with Crippen molar-refractivity contribution in [3.63, 3.8) is 0 Å². The Kier molecular flexibility index (Phi) is 5.99. The fourth-order valence-electron chi connectivity index (χ4n) is 5.42. The van der Waals surface area contributed by atoms with Crippen molar-refractivity contribution < 1.29 is 18.3 Å². The quantitative estimate of drug-likeness (QED) is 0.502. The molecule has 36 heavy (non-hydrogen) atoms. The second-order valence-electron chi connectivity index (χ2n) is 10.2. The first-order valence-corrected chi connectivity index (χ1v) is 12.9. The number of benzene rings is 2. The molecule has 188 valence electrons. The molecule has 0 radical (unpaired) electrons. The molecule has 1 unspecified atom stereocenters. The van der Waals surface area contributed by atoms with Gasteiger partial charge < -0.3 is 15.0 Å². The van der Waals surface area contributed by atoms with Crippen molar-refractivity contribution in [1.82, 2.24) is 15.1 Å². The number of hydrogen-bond acceptors (Lipinski definition) is 4. The fraction of sp³-hybridized carbons (Fsp3) is 0.429. The molecule has 1 amide bonds. The zero-order valence-electron chi connectivity index (χ0n) is 20.3. The minimum absolute atomic E-state index is 0.0675. The predicted octanol–water partition coefficient (Wildman–Crippen LogP) is 5.62. The van der Waals surface area contributed by atoms with E-state index in [1.54, 1.807) is 6.20 Å². The third kappa shape index (κ3) is 4.28. The van der Waals surface area contributed by atoms with Crippen LogP contribution in [0.1, 0.15) is 50.6 Å². The van der Waals surface area contributed by atoms with E-state index in [4.69, 9.17) is 4.74 Å². The van der Waals surface area contributed by atoms with Crippen LogP contribution in [0, 0.1) is 17.6 Å². The Morgan fingerprint density at radius 1 is 1.08 bits per heavy atom. The molecule has 3 aliphatic rings. The summed E-state index contributed by atoms with van der Waals surface area (Å²) in [5.74, 6) is -0.711. The molecule has 0 spiro atoms. The number of anilines is 1. The van der Waals surface area contributed by atoms with Crippen LogP contribution in [0.5, 0.6) is 11.5 Å². The molecule has 6 rings (SSSR count). The largest absolute Gasteiger partial charge is 0.453 e. The van der Waals surface area contributed by atoms with Crippen molar-refractivity contribution in [1.29, 1.82) is 0 Å². The van der Waals surface area contributed by atoms with Crippen LogP contribution in [0.15, 0.2) is 42.7 Å². The lowest BCUT2D eigenvalue weighted by Gasteiger charge is -2.36. The summed E-state index contributed by atoms with van der Waals surface area (Å²) in [7, 11) is 0. The van der Waals surface area contributed by atoms with E-state index < -0.39 is 11.6 Å². The Labute approximate surface area is 209 Å². The molecule has 3 aromatic rings. The molecular weight excluding hydrogens is 462 g/mol. The minimum atomic E-state index is -0.638. The highest BCUT2D eigenvalue weighted by Gasteiger charge is 2.39. The third-order valence-corrected chi connectivity index (χ3v) is 7.61. The number of carbonyl (C=O) groups is 1. The van der Waals surface area contributed by atoms with Crippen molar-refractivity contribution in [2.45, 2.75) is 57.5 Å². The van der Waals surface area contributed by atoms with E-state index in [1.807, 2.05) is 27.9 Å². The number of nitrogens with one attached hydrogen (secondary N) is 1. The van der Waals surface area contributed by atoms with Gasteiger partial charge in [-0.25, -0.2) is 8.78 Å². The van der Waals surface area contributed by atoms with Crippen LogP contribution in [0.3, 0.4) is 0 Å². The molecule has 8 heteroatoms. The Balaban J connectivity index is 1.45. The number of nitrogens with zero attached hydrogens (tertiary/aromatic N) is 3. The van der Waals surface area contributed by atoms with Crippen LogP contribution in [0.2, 0.25) is 0 Å². The molecule has 1 saturated heterocycles. The van der Waals surface area contributed by atoms with Gasteiger partial charge in [0.2, 0.25) is 5.91 Å². The van der Waals surface area contributed by atoms with Gasteiger partial charge in [0.15, 0.2) is 11.6 Å². The number of carbonyl (C=O) groups excluding carboxylic acids is 1. The zero-order chi connectivity index (χ0) is 24.8. The molecule has 2 aromatic carbocycles. The molecule has 1 atom stereocenters. The summed E-state index contributed by atoms with van der Waals surface area (Å²) in [6, 6.07) is 7.48. The van der Waals surface area contributed by atoms with Gasteiger partial charge >= 0.3 is 0 Å². The van der Waals surface area contributed by atoms with Gasteiger partial charge in [-0.3, -0.25) is 9.48 Å². The monoisotopic (exact) mass is 492 g/mol. The molecule has 1 N–H and O–H groups in total. The van der Waals surface area contributed by atoms with Gasteiger partial charge in [0.05, 0.1) is 17.9 Å². The van der Waals surface area contributed by atoms with E-state index >= 15 is 0 Å². The van der Waals surface area contributed by atoms with E-state index in [2.05, 4.69) is 17.3 Å². The number of aromatic nitrogens is 2. The van der Waals surface area contributed by atoms with Crippen LogP contribution in [-0.4, -0.2) is 34.8 Å². The Morgan fingerprint density at radius 2 is 1.89 bits per heavy atom. The summed E-state index contributed by atoms with van der Waals surface area (Å²) >= 11 is 0. The third-order valence-electron chi connectivity index (χ3n) is 7.61. The van der Waals surface area contributed by atoms with Crippen molar-refractivity contribution >= 4 is 11.6 Å². The lowest BCUT2D eigenvalue weighted by atomic mass is 9.92. The van der Waals surface area contributed by atoms with Gasteiger partial charge in [0.25, 0.3) is 0 Å². The van der Waals surface area contributed by atoms with E-state index in [1.165, 1.54) is 0 Å². The number of hydrogen-bond donors (Lipinski definition) is 1. The smallest absolute Gasteiger partial charge is 0.230 e. The highest BCUT2D eigenvalue weighted by molar-refractivity contribution is 5.99. The zero-order valence-corrected chi connectivity index (χ0v) is 20.3. The standard InChI is InChI=1S/C28H30F2N4O2/c1-17-2-6-23-25(34(17)28(35)18-3-4-18)9-7-22(27(23)36-26-14-20(29)5-8-24(26)30)19-15-32-33(16-19)21-10-12-31-13-11-21/h5,7-9,14-18,21,31H,2-4,6,10-13H2,1H3. The summed E-state index contributed by atoms with van der Waals surface area (Å²) in [6.45, 7) is 3.97. The SMILES string of the molecule is CC1CCc2c(ccc(-c3cnn(C4CCNCC4)c3)c2Oc2cc(F)ccc2F)N1C(=O)C1CC1. The number of ether oxygens (including phenoxy) is 1. The van der Waals surface area contributed by atoms with Gasteiger partial charge in [0, 0.05) is 40.9 Å². The summed E-state index contributed by atoms with van der Waals surface area (Å²) < 4.78 is 36.9. The van der Waals surface area contributed by atoms with Crippen molar-refractivity contribution in [2.24, 2.45) is 5.92 Å². The minimum Gasteiger partial charge on any atom is -0.453 e. The number of amides is 1. The molecule has 0 bridgehead atoms. The lowest BCUT2D eigenvalue weighted by molar-refractivity contribution is -0.120. The van der Waals surface area contributed by atoms with Gasteiger partial charge in [-0.05, 0) is 82.8 Å². The first kappa shape index (κ1) is 23.2. The van der Waals surface area contributed by atoms with E-state index in [-0.39, 0.29) is 23.6 Å². The maximum absolute atomic E-state index is 14.7. The number of fused-ring (bicyclic) bond motifs is 1. The Bertz CT molecular complexity index is 1300. The maximum Gasteiger partial charge on any atom is 0.230 e. The topological polar surface area (TPSA) is 59.4 Å². The second kappa shape index (κ2) is 9.32. The summed E-state index contributed by atoms with van der Waals surface area (Å²) in [6.07, 6.45) is 9.09. The predicted molar refractivity (Wildman–Crippen MR) is 133 cm³/mol. The molecule has 3 heterocycles. The molecule has 6 nitrogen and oxygen atoms in total. The molecule has 2 aliphatic heterocycles. The second-order valence-corrected chi connectivity index (χ2v) is 10.2. The van der Waals surface area contributed by atoms with Crippen LogP contribution >= 0.6 is 0 Å². The average molecular weight is 493 g/mol. The number of rotatable bonds is 5. The van der Waals surface area contributed by atoms with Crippen LogP contribution in [0.25, 0.3) is 11.1 Å². The van der Waals surface area contributed by atoms with Crippen molar-refractivity contribution in [2.75, 3.05) is 18.0 Å². The van der Waals surface area contributed by atoms with Crippen LogP contribution < -0.4 is 15.0 Å². The van der Waals surface area contributed by atoms with E-state index in [0.717, 1.165) is 85.8 Å².